The highest BCUT2D eigenvalue weighted by atomic mass is 32.2. The normalized spacial score (nSPS) is 21.8. The fraction of sp³-hybridized carbons (Fsp3) is 0.500. The molecule has 2 heterocycles. The average Bonchev–Trinajstić information content (AvgIpc) is 2.92. The summed E-state index contributed by atoms with van der Waals surface area (Å²) in [5.41, 5.74) is 0.495. The van der Waals surface area contributed by atoms with Gasteiger partial charge in [0.2, 0.25) is 0 Å². The van der Waals surface area contributed by atoms with Gasteiger partial charge in [-0.15, -0.1) is 4.40 Å². The summed E-state index contributed by atoms with van der Waals surface area (Å²) in [5, 5.41) is 0. The standard InChI is InChI=1S/C18H23N3O5S/c1-12(17(22)20(2)3)26-18(23)14-9-6-7-11-21(14)16-13-8-4-5-10-15(13)27(24,25)19-16/h4-5,8,10,12,14H,6-7,9,11H2,1-3H3/t12-,14+/m0/s1. The van der Waals surface area contributed by atoms with E-state index in [0.29, 0.717) is 18.5 Å². The molecule has 1 aromatic carbocycles. The largest absolute Gasteiger partial charge is 0.451 e. The van der Waals surface area contributed by atoms with Crippen molar-refractivity contribution in [3.8, 4) is 0 Å². The van der Waals surface area contributed by atoms with Crippen LogP contribution in [0, 0.1) is 0 Å². The van der Waals surface area contributed by atoms with Crippen LogP contribution in [0.5, 0.6) is 0 Å². The molecule has 27 heavy (non-hydrogen) atoms. The number of rotatable bonds is 3. The molecule has 0 unspecified atom stereocenters. The van der Waals surface area contributed by atoms with Crippen LogP contribution in [0.25, 0.3) is 0 Å². The Balaban J connectivity index is 1.87. The van der Waals surface area contributed by atoms with Crippen molar-refractivity contribution in [3.05, 3.63) is 29.8 Å². The summed E-state index contributed by atoms with van der Waals surface area (Å²) >= 11 is 0. The first kappa shape index (κ1) is 19.3. The first-order chi connectivity index (χ1) is 12.7. The number of hydrogen-bond donors (Lipinski definition) is 0. The lowest BCUT2D eigenvalue weighted by Crippen LogP contribution is -2.50. The van der Waals surface area contributed by atoms with Gasteiger partial charge in [0.15, 0.2) is 11.9 Å². The molecule has 9 heteroatoms. The van der Waals surface area contributed by atoms with Crippen molar-refractivity contribution in [3.63, 3.8) is 0 Å². The van der Waals surface area contributed by atoms with Gasteiger partial charge in [0.1, 0.15) is 10.9 Å². The van der Waals surface area contributed by atoms with Crippen molar-refractivity contribution in [1.82, 2.24) is 9.80 Å². The lowest BCUT2D eigenvalue weighted by atomic mass is 10.0. The van der Waals surface area contributed by atoms with E-state index in [1.54, 1.807) is 37.2 Å². The smallest absolute Gasteiger partial charge is 0.329 e. The van der Waals surface area contributed by atoms with Crippen LogP contribution in [0.15, 0.2) is 33.6 Å². The summed E-state index contributed by atoms with van der Waals surface area (Å²) in [7, 11) is -0.584. The number of ether oxygens (including phenoxy) is 1. The second-order valence-electron chi connectivity index (χ2n) is 6.90. The maximum absolute atomic E-state index is 12.7. The molecule has 0 aromatic heterocycles. The number of piperidine rings is 1. The summed E-state index contributed by atoms with van der Waals surface area (Å²) in [6, 6.07) is 5.91. The van der Waals surface area contributed by atoms with E-state index in [4.69, 9.17) is 4.74 Å². The molecule has 8 nitrogen and oxygen atoms in total. The minimum absolute atomic E-state index is 0.147. The van der Waals surface area contributed by atoms with Crippen LogP contribution in [-0.4, -0.2) is 68.7 Å². The lowest BCUT2D eigenvalue weighted by Gasteiger charge is -2.36. The van der Waals surface area contributed by atoms with Crippen LogP contribution >= 0.6 is 0 Å². The first-order valence-electron chi connectivity index (χ1n) is 8.85. The maximum Gasteiger partial charge on any atom is 0.329 e. The predicted octanol–water partition coefficient (Wildman–Crippen LogP) is 1.01. The number of benzene rings is 1. The Morgan fingerprint density at radius 2 is 1.96 bits per heavy atom. The summed E-state index contributed by atoms with van der Waals surface area (Å²) in [5.74, 6) is -0.572. The van der Waals surface area contributed by atoms with Crippen molar-refractivity contribution in [1.29, 1.82) is 0 Å². The maximum atomic E-state index is 12.7. The molecule has 0 N–H and O–H groups in total. The van der Waals surface area contributed by atoms with E-state index in [2.05, 4.69) is 4.40 Å². The molecule has 0 spiro atoms. The summed E-state index contributed by atoms with van der Waals surface area (Å²) < 4.78 is 34.0. The number of nitrogens with zero attached hydrogens (tertiary/aromatic N) is 3. The fourth-order valence-electron chi connectivity index (χ4n) is 3.39. The molecule has 2 aliphatic heterocycles. The van der Waals surface area contributed by atoms with Crippen LogP contribution in [0.4, 0.5) is 0 Å². The molecule has 1 fully saturated rings. The van der Waals surface area contributed by atoms with Crippen molar-refractivity contribution in [2.45, 2.75) is 43.2 Å². The van der Waals surface area contributed by atoms with Crippen molar-refractivity contribution in [2.24, 2.45) is 4.40 Å². The van der Waals surface area contributed by atoms with Gasteiger partial charge in [-0.2, -0.15) is 8.42 Å². The zero-order valence-corrected chi connectivity index (χ0v) is 16.4. The van der Waals surface area contributed by atoms with Gasteiger partial charge in [-0.05, 0) is 38.3 Å². The number of amidine groups is 1. The van der Waals surface area contributed by atoms with Gasteiger partial charge >= 0.3 is 5.97 Å². The van der Waals surface area contributed by atoms with Gasteiger partial charge < -0.3 is 14.5 Å². The summed E-state index contributed by atoms with van der Waals surface area (Å²) in [4.78, 5) is 27.9. The van der Waals surface area contributed by atoms with Gasteiger partial charge in [0.25, 0.3) is 15.9 Å². The third-order valence-corrected chi connectivity index (χ3v) is 6.07. The first-order valence-corrected chi connectivity index (χ1v) is 10.3. The topological polar surface area (TPSA) is 96.3 Å². The third kappa shape index (κ3) is 3.69. The summed E-state index contributed by atoms with van der Waals surface area (Å²) in [6.45, 7) is 2.03. The Labute approximate surface area is 158 Å². The number of carbonyl (C=O) groups is 2. The molecule has 0 saturated carbocycles. The van der Waals surface area contributed by atoms with Crippen LogP contribution in [0.3, 0.4) is 0 Å². The number of esters is 1. The summed E-state index contributed by atoms with van der Waals surface area (Å²) in [6.07, 6.45) is 1.24. The van der Waals surface area contributed by atoms with Crippen molar-refractivity contribution in [2.75, 3.05) is 20.6 Å². The molecule has 0 bridgehead atoms. The number of hydrogen-bond acceptors (Lipinski definition) is 6. The van der Waals surface area contributed by atoms with Gasteiger partial charge in [-0.3, -0.25) is 4.79 Å². The second kappa shape index (κ2) is 7.30. The number of likely N-dealkylation sites (N-methyl/N-ethyl adjacent to an activating group) is 1. The number of likely N-dealkylation sites (tertiary alicyclic amines) is 1. The highest BCUT2D eigenvalue weighted by Gasteiger charge is 2.39. The number of amides is 1. The van der Waals surface area contributed by atoms with E-state index in [1.807, 2.05) is 0 Å². The molecule has 0 aliphatic carbocycles. The second-order valence-corrected chi connectivity index (χ2v) is 8.48. The molecule has 0 radical (unpaired) electrons. The molecular formula is C18H23N3O5S. The van der Waals surface area contributed by atoms with Crippen LogP contribution < -0.4 is 0 Å². The predicted molar refractivity (Wildman–Crippen MR) is 98.8 cm³/mol. The van der Waals surface area contributed by atoms with Gasteiger partial charge in [0.05, 0.1) is 0 Å². The Morgan fingerprint density at radius 1 is 1.26 bits per heavy atom. The Hall–Kier alpha value is -2.42. The molecule has 2 aliphatic rings. The monoisotopic (exact) mass is 393 g/mol. The molecular weight excluding hydrogens is 370 g/mol. The Bertz CT molecular complexity index is 894. The zero-order valence-electron chi connectivity index (χ0n) is 15.6. The quantitative estimate of drug-likeness (QED) is 0.711. The van der Waals surface area contributed by atoms with Gasteiger partial charge in [0, 0.05) is 26.2 Å². The zero-order chi connectivity index (χ0) is 19.8. The van der Waals surface area contributed by atoms with E-state index in [1.165, 1.54) is 17.9 Å². The van der Waals surface area contributed by atoms with Gasteiger partial charge in [-0.25, -0.2) is 4.79 Å². The lowest BCUT2D eigenvalue weighted by molar-refractivity contribution is -0.162. The van der Waals surface area contributed by atoms with E-state index in [0.717, 1.165) is 12.8 Å². The molecule has 1 saturated heterocycles. The molecule has 1 amide bonds. The van der Waals surface area contributed by atoms with Crippen molar-refractivity contribution >= 4 is 27.7 Å². The Morgan fingerprint density at radius 3 is 2.67 bits per heavy atom. The number of sulfonamides is 1. The number of fused-ring (bicyclic) bond motifs is 1. The van der Waals surface area contributed by atoms with Crippen LogP contribution in [-0.2, 0) is 24.3 Å². The molecule has 1 aromatic rings. The fourth-order valence-corrected chi connectivity index (χ4v) is 4.61. The van der Waals surface area contributed by atoms with E-state index in [9.17, 15) is 18.0 Å². The minimum atomic E-state index is -3.77. The Kier molecular flexibility index (Phi) is 5.23. The highest BCUT2D eigenvalue weighted by Crippen LogP contribution is 2.31. The third-order valence-electron chi connectivity index (χ3n) is 4.74. The SMILES string of the molecule is C[C@H](OC(=O)[C@H]1CCCCN1C1=NS(=O)(=O)c2ccccc21)C(=O)N(C)C. The number of carbonyl (C=O) groups excluding carboxylic acids is 2. The van der Waals surface area contributed by atoms with E-state index < -0.39 is 28.1 Å². The average molecular weight is 393 g/mol. The van der Waals surface area contributed by atoms with Crippen LogP contribution in [0.1, 0.15) is 31.7 Å². The molecule has 2 atom stereocenters. The van der Waals surface area contributed by atoms with E-state index in [-0.39, 0.29) is 16.6 Å². The van der Waals surface area contributed by atoms with Gasteiger partial charge in [-0.1, -0.05) is 12.1 Å². The minimum Gasteiger partial charge on any atom is -0.451 e. The van der Waals surface area contributed by atoms with Crippen LogP contribution in [0.2, 0.25) is 0 Å². The molecule has 146 valence electrons. The van der Waals surface area contributed by atoms with E-state index >= 15 is 0 Å². The highest BCUT2D eigenvalue weighted by molar-refractivity contribution is 7.90. The molecule has 3 rings (SSSR count). The van der Waals surface area contributed by atoms with Crippen molar-refractivity contribution < 1.29 is 22.7 Å².